The van der Waals surface area contributed by atoms with E-state index in [9.17, 15) is 4.79 Å². The van der Waals surface area contributed by atoms with Gasteiger partial charge in [0.25, 0.3) is 0 Å². The molecule has 1 rings (SSSR count). The molecule has 68 valence electrons. The Balaban J connectivity index is 2.62. The minimum absolute atomic E-state index is 0.168. The maximum absolute atomic E-state index is 10.4. The summed E-state index contributed by atoms with van der Waals surface area (Å²) in [5, 5.41) is 10.1. The summed E-state index contributed by atoms with van der Waals surface area (Å²) in [6.45, 7) is 0. The third-order valence-corrected chi connectivity index (χ3v) is 3.02. The highest BCUT2D eigenvalue weighted by atomic mass is 79.9. The summed E-state index contributed by atoms with van der Waals surface area (Å²) >= 11 is 4.31. The standard InChI is InChI=1S/C9H7BrO2S/c10-8(9(11)12)6-13-7-4-2-1-3-5-7/h1-6H,(H,11,12). The quantitative estimate of drug-likeness (QED) is 0.669. The predicted octanol–water partition coefficient (Wildman–Crippen LogP) is 3.10. The Morgan fingerprint density at radius 3 is 2.54 bits per heavy atom. The van der Waals surface area contributed by atoms with E-state index in [2.05, 4.69) is 15.9 Å². The lowest BCUT2D eigenvalue weighted by Gasteiger charge is -1.94. The zero-order chi connectivity index (χ0) is 9.68. The molecule has 1 aromatic carbocycles. The molecule has 0 amide bonds. The van der Waals surface area contributed by atoms with Gasteiger partial charge in [0.05, 0.1) is 0 Å². The first-order chi connectivity index (χ1) is 6.20. The molecular formula is C9H7BrO2S. The van der Waals surface area contributed by atoms with E-state index in [0.29, 0.717) is 0 Å². The summed E-state index contributed by atoms with van der Waals surface area (Å²) in [5.41, 5.74) is 0. The van der Waals surface area contributed by atoms with Crippen LogP contribution in [-0.4, -0.2) is 11.1 Å². The second-order valence-corrected chi connectivity index (χ2v) is 4.00. The first kappa shape index (κ1) is 10.3. The molecule has 0 heterocycles. The summed E-state index contributed by atoms with van der Waals surface area (Å²) in [7, 11) is 0. The maximum atomic E-state index is 10.4. The molecule has 4 heteroatoms. The van der Waals surface area contributed by atoms with Crippen molar-refractivity contribution >= 4 is 33.7 Å². The summed E-state index contributed by atoms with van der Waals surface area (Å²) in [6, 6.07) is 9.57. The molecular weight excluding hydrogens is 252 g/mol. The smallest absolute Gasteiger partial charge is 0.343 e. The van der Waals surface area contributed by atoms with E-state index in [1.54, 1.807) is 5.41 Å². The van der Waals surface area contributed by atoms with Crippen LogP contribution in [0.25, 0.3) is 0 Å². The number of hydrogen-bond donors (Lipinski definition) is 1. The van der Waals surface area contributed by atoms with Gasteiger partial charge in [0.1, 0.15) is 4.48 Å². The van der Waals surface area contributed by atoms with Crippen LogP contribution in [0.5, 0.6) is 0 Å². The molecule has 0 aliphatic rings. The minimum atomic E-state index is -0.955. The number of carboxylic acids is 1. The maximum Gasteiger partial charge on any atom is 0.343 e. The van der Waals surface area contributed by atoms with Gasteiger partial charge >= 0.3 is 5.97 Å². The SMILES string of the molecule is O=C(O)C(Br)=CSc1ccccc1. The van der Waals surface area contributed by atoms with Crippen LogP contribution < -0.4 is 0 Å². The third kappa shape index (κ3) is 3.65. The van der Waals surface area contributed by atoms with E-state index in [-0.39, 0.29) is 4.48 Å². The molecule has 0 unspecified atom stereocenters. The first-order valence-corrected chi connectivity index (χ1v) is 5.18. The zero-order valence-electron chi connectivity index (χ0n) is 6.61. The van der Waals surface area contributed by atoms with Crippen molar-refractivity contribution in [2.24, 2.45) is 0 Å². The molecule has 1 aromatic rings. The van der Waals surface area contributed by atoms with Crippen molar-refractivity contribution in [3.63, 3.8) is 0 Å². The average molecular weight is 259 g/mol. The summed E-state index contributed by atoms with van der Waals surface area (Å²) in [4.78, 5) is 11.4. The van der Waals surface area contributed by atoms with Crippen LogP contribution in [0.1, 0.15) is 0 Å². The molecule has 0 bridgehead atoms. The predicted molar refractivity (Wildman–Crippen MR) is 56.9 cm³/mol. The van der Waals surface area contributed by atoms with E-state index in [0.717, 1.165) is 4.90 Å². The number of carboxylic acid groups (broad SMARTS) is 1. The number of thioether (sulfide) groups is 1. The monoisotopic (exact) mass is 258 g/mol. The third-order valence-electron chi connectivity index (χ3n) is 1.25. The number of carbonyl (C=O) groups is 1. The topological polar surface area (TPSA) is 37.3 Å². The van der Waals surface area contributed by atoms with Crippen LogP contribution in [0.2, 0.25) is 0 Å². The largest absolute Gasteiger partial charge is 0.477 e. The van der Waals surface area contributed by atoms with Gasteiger partial charge in [0, 0.05) is 4.90 Å². The zero-order valence-corrected chi connectivity index (χ0v) is 9.01. The Bertz CT molecular complexity index is 322. The molecule has 0 atom stereocenters. The van der Waals surface area contributed by atoms with Gasteiger partial charge in [-0.15, -0.1) is 0 Å². The molecule has 0 saturated heterocycles. The van der Waals surface area contributed by atoms with Crippen molar-refractivity contribution in [1.82, 2.24) is 0 Å². The molecule has 0 fully saturated rings. The fraction of sp³-hybridized carbons (Fsp3) is 0. The second kappa shape index (κ2) is 5.09. The summed E-state index contributed by atoms with van der Waals surface area (Å²) in [6.07, 6.45) is 0. The Morgan fingerprint density at radius 2 is 2.00 bits per heavy atom. The highest BCUT2D eigenvalue weighted by molar-refractivity contribution is 9.12. The molecule has 2 nitrogen and oxygen atoms in total. The lowest BCUT2D eigenvalue weighted by atomic mass is 10.4. The molecule has 0 aliphatic heterocycles. The minimum Gasteiger partial charge on any atom is -0.477 e. The molecule has 1 N–H and O–H groups in total. The molecule has 0 aliphatic carbocycles. The van der Waals surface area contributed by atoms with Crippen molar-refractivity contribution in [3.8, 4) is 0 Å². The molecule has 13 heavy (non-hydrogen) atoms. The Labute approximate surface area is 88.8 Å². The van der Waals surface area contributed by atoms with Crippen molar-refractivity contribution in [2.75, 3.05) is 0 Å². The highest BCUT2D eigenvalue weighted by Gasteiger charge is 2.00. The first-order valence-electron chi connectivity index (χ1n) is 3.51. The normalized spacial score (nSPS) is 11.3. The Kier molecular flexibility index (Phi) is 4.05. The lowest BCUT2D eigenvalue weighted by Crippen LogP contribution is -1.91. The lowest BCUT2D eigenvalue weighted by molar-refractivity contribution is -0.131. The fourth-order valence-corrected chi connectivity index (χ4v) is 1.60. The molecule has 0 saturated carbocycles. The Morgan fingerprint density at radius 1 is 1.38 bits per heavy atom. The summed E-state index contributed by atoms with van der Waals surface area (Å²) in [5.74, 6) is -0.955. The molecule has 0 radical (unpaired) electrons. The average Bonchev–Trinajstić information content (AvgIpc) is 2.15. The van der Waals surface area contributed by atoms with Gasteiger partial charge in [-0.2, -0.15) is 0 Å². The Hall–Kier alpha value is -0.740. The van der Waals surface area contributed by atoms with Crippen LogP contribution in [0.15, 0.2) is 45.1 Å². The van der Waals surface area contributed by atoms with E-state index < -0.39 is 5.97 Å². The van der Waals surface area contributed by atoms with Gasteiger partial charge in [-0.1, -0.05) is 30.0 Å². The van der Waals surface area contributed by atoms with Crippen LogP contribution in [0.3, 0.4) is 0 Å². The number of aliphatic carboxylic acids is 1. The number of hydrogen-bond acceptors (Lipinski definition) is 2. The van der Waals surface area contributed by atoms with E-state index in [4.69, 9.17) is 5.11 Å². The van der Waals surface area contributed by atoms with Gasteiger partial charge < -0.3 is 5.11 Å². The van der Waals surface area contributed by atoms with Crippen molar-refractivity contribution in [1.29, 1.82) is 0 Å². The van der Waals surface area contributed by atoms with Gasteiger partial charge in [-0.05, 0) is 33.5 Å². The van der Waals surface area contributed by atoms with E-state index in [1.807, 2.05) is 30.3 Å². The molecule has 0 aromatic heterocycles. The highest BCUT2D eigenvalue weighted by Crippen LogP contribution is 2.21. The van der Waals surface area contributed by atoms with Gasteiger partial charge in [0.2, 0.25) is 0 Å². The number of benzene rings is 1. The van der Waals surface area contributed by atoms with Crippen LogP contribution in [0, 0.1) is 0 Å². The second-order valence-electron chi connectivity index (χ2n) is 2.20. The van der Waals surface area contributed by atoms with Crippen molar-refractivity contribution in [2.45, 2.75) is 4.90 Å². The van der Waals surface area contributed by atoms with Gasteiger partial charge in [-0.3, -0.25) is 0 Å². The van der Waals surface area contributed by atoms with Gasteiger partial charge in [0.15, 0.2) is 0 Å². The van der Waals surface area contributed by atoms with Crippen LogP contribution in [0.4, 0.5) is 0 Å². The van der Waals surface area contributed by atoms with Crippen molar-refractivity contribution < 1.29 is 9.90 Å². The molecule has 0 spiro atoms. The number of rotatable bonds is 3. The van der Waals surface area contributed by atoms with Crippen LogP contribution >= 0.6 is 27.7 Å². The fourth-order valence-electron chi connectivity index (χ4n) is 0.669. The van der Waals surface area contributed by atoms with E-state index in [1.165, 1.54) is 11.8 Å². The van der Waals surface area contributed by atoms with Crippen molar-refractivity contribution in [3.05, 3.63) is 40.2 Å². The van der Waals surface area contributed by atoms with Gasteiger partial charge in [-0.25, -0.2) is 4.79 Å². The van der Waals surface area contributed by atoms with Crippen LogP contribution in [-0.2, 0) is 4.79 Å². The summed E-state index contributed by atoms with van der Waals surface area (Å²) < 4.78 is 0.168. The number of halogens is 1. The van der Waals surface area contributed by atoms with E-state index >= 15 is 0 Å².